The molecular formula is C19H16F3N3OS2. The van der Waals surface area contributed by atoms with Crippen LogP contribution in [0.5, 0.6) is 0 Å². The van der Waals surface area contributed by atoms with Crippen molar-refractivity contribution >= 4 is 34.1 Å². The van der Waals surface area contributed by atoms with Crippen LogP contribution >= 0.6 is 23.1 Å². The monoisotopic (exact) mass is 423 g/mol. The number of nitrogens with zero attached hydrogens (tertiary/aromatic N) is 2. The largest absolute Gasteiger partial charge is 0.416 e. The van der Waals surface area contributed by atoms with Crippen molar-refractivity contribution in [1.82, 2.24) is 10.2 Å². The Bertz CT molecular complexity index is 965. The third kappa shape index (κ3) is 5.32. The van der Waals surface area contributed by atoms with E-state index in [-0.39, 0.29) is 5.91 Å². The van der Waals surface area contributed by atoms with E-state index in [2.05, 4.69) is 15.5 Å². The Morgan fingerprint density at radius 1 is 1.07 bits per heavy atom. The number of benzene rings is 2. The second-order valence-corrected chi connectivity index (χ2v) is 8.39. The SMILES string of the molecule is Cc1cc(C)cc(C(=O)Nc2nnc(SCc3ccc(C(F)(F)F)cc3)s2)c1. The van der Waals surface area contributed by atoms with Crippen LogP contribution < -0.4 is 5.32 Å². The van der Waals surface area contributed by atoms with Crippen LogP contribution in [0.2, 0.25) is 0 Å². The van der Waals surface area contributed by atoms with Crippen LogP contribution in [0.4, 0.5) is 18.3 Å². The van der Waals surface area contributed by atoms with Gasteiger partial charge in [-0.1, -0.05) is 52.4 Å². The maximum absolute atomic E-state index is 12.6. The van der Waals surface area contributed by atoms with Gasteiger partial charge in [0.1, 0.15) is 0 Å². The molecule has 28 heavy (non-hydrogen) atoms. The Morgan fingerprint density at radius 2 is 1.71 bits per heavy atom. The first-order valence-corrected chi connectivity index (χ1v) is 10.0. The number of halogens is 3. The van der Waals surface area contributed by atoms with Gasteiger partial charge in [0.2, 0.25) is 5.13 Å². The zero-order valence-corrected chi connectivity index (χ0v) is 16.6. The third-order valence-corrected chi connectivity index (χ3v) is 5.80. The topological polar surface area (TPSA) is 54.9 Å². The predicted octanol–water partition coefficient (Wildman–Crippen LogP) is 5.72. The fourth-order valence-electron chi connectivity index (χ4n) is 2.53. The van der Waals surface area contributed by atoms with Crippen LogP contribution in [0, 0.1) is 13.8 Å². The number of hydrogen-bond acceptors (Lipinski definition) is 5. The van der Waals surface area contributed by atoms with Crippen LogP contribution in [-0.4, -0.2) is 16.1 Å². The lowest BCUT2D eigenvalue weighted by Crippen LogP contribution is -2.12. The van der Waals surface area contributed by atoms with E-state index >= 15 is 0 Å². The van der Waals surface area contributed by atoms with Crippen molar-refractivity contribution in [2.24, 2.45) is 0 Å². The first kappa shape index (κ1) is 20.3. The van der Waals surface area contributed by atoms with E-state index in [0.717, 1.165) is 28.8 Å². The fraction of sp³-hybridized carbons (Fsp3) is 0.211. The summed E-state index contributed by atoms with van der Waals surface area (Å²) in [5.74, 6) is 0.194. The molecule has 0 fully saturated rings. The average molecular weight is 423 g/mol. The summed E-state index contributed by atoms with van der Waals surface area (Å²) < 4.78 is 38.4. The van der Waals surface area contributed by atoms with Gasteiger partial charge in [-0.15, -0.1) is 10.2 Å². The molecule has 9 heteroatoms. The van der Waals surface area contributed by atoms with Crippen molar-refractivity contribution in [1.29, 1.82) is 0 Å². The van der Waals surface area contributed by atoms with E-state index < -0.39 is 11.7 Å². The summed E-state index contributed by atoms with van der Waals surface area (Å²) in [6.07, 6.45) is -4.34. The molecule has 146 valence electrons. The van der Waals surface area contributed by atoms with Gasteiger partial charge in [-0.25, -0.2) is 0 Å². The molecule has 0 saturated carbocycles. The summed E-state index contributed by atoms with van der Waals surface area (Å²) in [5, 5.41) is 11.1. The van der Waals surface area contributed by atoms with Crippen molar-refractivity contribution < 1.29 is 18.0 Å². The van der Waals surface area contributed by atoms with Crippen LogP contribution in [0.1, 0.15) is 32.6 Å². The molecule has 0 spiro atoms. The normalized spacial score (nSPS) is 11.5. The number of aromatic nitrogens is 2. The van der Waals surface area contributed by atoms with Gasteiger partial charge < -0.3 is 0 Å². The minimum atomic E-state index is -4.34. The maximum Gasteiger partial charge on any atom is 0.416 e. The summed E-state index contributed by atoms with van der Waals surface area (Å²) in [6, 6.07) is 10.6. The highest BCUT2D eigenvalue weighted by Crippen LogP contribution is 2.31. The van der Waals surface area contributed by atoms with E-state index in [1.165, 1.54) is 35.2 Å². The molecule has 1 amide bonds. The number of thioether (sulfide) groups is 1. The molecule has 0 aliphatic carbocycles. The number of carbonyl (C=O) groups excluding carboxylic acids is 1. The number of nitrogens with one attached hydrogen (secondary N) is 1. The van der Waals surface area contributed by atoms with E-state index in [1.54, 1.807) is 12.1 Å². The quantitative estimate of drug-likeness (QED) is 0.421. The fourth-order valence-corrected chi connectivity index (χ4v) is 4.23. The molecule has 1 heterocycles. The number of aryl methyl sites for hydroxylation is 2. The summed E-state index contributed by atoms with van der Waals surface area (Å²) in [4.78, 5) is 12.3. The third-order valence-electron chi connectivity index (χ3n) is 3.75. The van der Waals surface area contributed by atoms with Crippen molar-refractivity contribution in [2.45, 2.75) is 30.1 Å². The summed E-state index contributed by atoms with van der Waals surface area (Å²) in [5.41, 5.74) is 2.61. The lowest BCUT2D eigenvalue weighted by Gasteiger charge is -2.06. The Balaban J connectivity index is 1.59. The van der Waals surface area contributed by atoms with E-state index in [0.29, 0.717) is 20.8 Å². The van der Waals surface area contributed by atoms with Gasteiger partial charge in [-0.3, -0.25) is 10.1 Å². The zero-order valence-electron chi connectivity index (χ0n) is 15.0. The van der Waals surface area contributed by atoms with Gasteiger partial charge in [0.05, 0.1) is 5.56 Å². The number of hydrogen-bond donors (Lipinski definition) is 1. The first-order chi connectivity index (χ1) is 13.2. The van der Waals surface area contributed by atoms with E-state index in [9.17, 15) is 18.0 Å². The Kier molecular flexibility index (Phi) is 6.04. The molecule has 1 N–H and O–H groups in total. The van der Waals surface area contributed by atoms with Crippen molar-refractivity contribution in [3.05, 3.63) is 70.3 Å². The van der Waals surface area contributed by atoms with E-state index in [4.69, 9.17) is 0 Å². The summed E-state index contributed by atoms with van der Waals surface area (Å²) >= 11 is 2.57. The molecule has 0 aliphatic heterocycles. The second kappa shape index (κ2) is 8.32. The molecule has 0 radical (unpaired) electrons. The van der Waals surface area contributed by atoms with Crippen molar-refractivity contribution in [3.8, 4) is 0 Å². The molecule has 0 unspecified atom stereocenters. The number of amides is 1. The predicted molar refractivity (Wildman–Crippen MR) is 105 cm³/mol. The minimum Gasteiger partial charge on any atom is -0.296 e. The first-order valence-electron chi connectivity index (χ1n) is 8.23. The molecule has 4 nitrogen and oxygen atoms in total. The standard InChI is InChI=1S/C19H16F3N3OS2/c1-11-7-12(2)9-14(8-11)16(26)23-17-24-25-18(28-17)27-10-13-3-5-15(6-4-13)19(20,21)22/h3-9H,10H2,1-2H3,(H,23,24,26). The molecule has 0 bridgehead atoms. The smallest absolute Gasteiger partial charge is 0.296 e. The molecule has 0 atom stereocenters. The highest BCUT2D eigenvalue weighted by molar-refractivity contribution is 8.00. The minimum absolute atomic E-state index is 0.262. The van der Waals surface area contributed by atoms with Crippen molar-refractivity contribution in [2.75, 3.05) is 5.32 Å². The maximum atomic E-state index is 12.6. The molecule has 3 rings (SSSR count). The summed E-state index contributed by atoms with van der Waals surface area (Å²) in [6.45, 7) is 3.84. The Hall–Kier alpha value is -2.39. The summed E-state index contributed by atoms with van der Waals surface area (Å²) in [7, 11) is 0. The Labute approximate surface area is 168 Å². The lowest BCUT2D eigenvalue weighted by atomic mass is 10.1. The number of carbonyl (C=O) groups is 1. The van der Waals surface area contributed by atoms with Gasteiger partial charge in [0.25, 0.3) is 5.91 Å². The average Bonchev–Trinajstić information content (AvgIpc) is 3.06. The van der Waals surface area contributed by atoms with Crippen LogP contribution in [0.25, 0.3) is 0 Å². The van der Waals surface area contributed by atoms with Gasteiger partial charge in [-0.2, -0.15) is 13.2 Å². The molecular weight excluding hydrogens is 407 g/mol. The number of anilines is 1. The van der Waals surface area contributed by atoms with Gasteiger partial charge in [0, 0.05) is 11.3 Å². The van der Waals surface area contributed by atoms with Crippen molar-refractivity contribution in [3.63, 3.8) is 0 Å². The second-order valence-electron chi connectivity index (χ2n) is 6.19. The van der Waals surface area contributed by atoms with Gasteiger partial charge in [0.15, 0.2) is 4.34 Å². The van der Waals surface area contributed by atoms with Gasteiger partial charge in [-0.05, 0) is 43.7 Å². The van der Waals surface area contributed by atoms with E-state index in [1.807, 2.05) is 19.9 Å². The van der Waals surface area contributed by atoms with Gasteiger partial charge >= 0.3 is 6.18 Å². The zero-order chi connectivity index (χ0) is 20.3. The Morgan fingerprint density at radius 3 is 2.32 bits per heavy atom. The molecule has 2 aromatic carbocycles. The van der Waals surface area contributed by atoms with Crippen LogP contribution in [-0.2, 0) is 11.9 Å². The molecule has 0 saturated heterocycles. The van der Waals surface area contributed by atoms with Crippen LogP contribution in [0.3, 0.4) is 0 Å². The highest BCUT2D eigenvalue weighted by Gasteiger charge is 2.29. The molecule has 1 aromatic heterocycles. The molecule has 3 aromatic rings. The molecule has 0 aliphatic rings. The number of rotatable bonds is 5. The highest BCUT2D eigenvalue weighted by atomic mass is 32.2. The number of alkyl halides is 3. The van der Waals surface area contributed by atoms with Crippen LogP contribution in [0.15, 0.2) is 46.8 Å². The lowest BCUT2D eigenvalue weighted by molar-refractivity contribution is -0.137.